The summed E-state index contributed by atoms with van der Waals surface area (Å²) >= 11 is 3.32. The van der Waals surface area contributed by atoms with Crippen molar-refractivity contribution in [3.05, 3.63) is 46.5 Å². The number of nitrogens with zero attached hydrogens (tertiary/aromatic N) is 2. The lowest BCUT2D eigenvalue weighted by Gasteiger charge is -2.08. The predicted octanol–water partition coefficient (Wildman–Crippen LogP) is 1.74. The van der Waals surface area contributed by atoms with Gasteiger partial charge in [0.25, 0.3) is 5.91 Å². The van der Waals surface area contributed by atoms with Crippen molar-refractivity contribution in [2.45, 2.75) is 6.42 Å². The molecule has 0 saturated carbocycles. The highest BCUT2D eigenvalue weighted by molar-refractivity contribution is 9.10. The molecular weight excluding hydrogens is 308 g/mol. The minimum Gasteiger partial charge on any atom is -0.398 e. The number of carbonyl (C=O) groups excluding carboxylic acids is 1. The molecule has 0 radical (unpaired) electrons. The van der Waals surface area contributed by atoms with Gasteiger partial charge in [-0.05, 0) is 18.2 Å². The van der Waals surface area contributed by atoms with Crippen LogP contribution in [0.25, 0.3) is 0 Å². The van der Waals surface area contributed by atoms with Gasteiger partial charge in [-0.3, -0.25) is 4.79 Å². The Kier molecular flexibility index (Phi) is 4.21. The quantitative estimate of drug-likeness (QED) is 0.842. The molecule has 100 valence electrons. The Morgan fingerprint density at radius 1 is 1.53 bits per heavy atom. The number of carbonyl (C=O) groups is 1. The number of halogens is 1. The summed E-state index contributed by atoms with van der Waals surface area (Å²) in [6.07, 6.45) is 4.30. The van der Waals surface area contributed by atoms with Crippen LogP contribution < -0.4 is 11.1 Å². The van der Waals surface area contributed by atoms with Crippen LogP contribution in [0.15, 0.2) is 35.1 Å². The van der Waals surface area contributed by atoms with E-state index < -0.39 is 0 Å². The number of rotatable bonds is 4. The van der Waals surface area contributed by atoms with Gasteiger partial charge in [-0.2, -0.15) is 0 Å². The fraction of sp³-hybridized carbons (Fsp3) is 0.231. The molecule has 0 bridgehead atoms. The minimum absolute atomic E-state index is 0.173. The molecule has 0 spiro atoms. The van der Waals surface area contributed by atoms with Crippen molar-refractivity contribution in [1.82, 2.24) is 14.9 Å². The number of anilines is 1. The Morgan fingerprint density at radius 3 is 3.00 bits per heavy atom. The van der Waals surface area contributed by atoms with Crippen molar-refractivity contribution in [2.24, 2.45) is 7.05 Å². The maximum absolute atomic E-state index is 12.0. The first-order chi connectivity index (χ1) is 9.08. The maximum atomic E-state index is 12.0. The molecule has 1 heterocycles. The van der Waals surface area contributed by atoms with Gasteiger partial charge in [-0.25, -0.2) is 4.98 Å². The number of nitrogen functional groups attached to an aromatic ring is 1. The lowest BCUT2D eigenvalue weighted by Crippen LogP contribution is -2.27. The van der Waals surface area contributed by atoms with E-state index in [4.69, 9.17) is 5.73 Å². The Balaban J connectivity index is 1.94. The number of amides is 1. The Labute approximate surface area is 120 Å². The van der Waals surface area contributed by atoms with Crippen LogP contribution in [-0.4, -0.2) is 22.0 Å². The summed E-state index contributed by atoms with van der Waals surface area (Å²) in [5, 5.41) is 2.84. The topological polar surface area (TPSA) is 72.9 Å². The summed E-state index contributed by atoms with van der Waals surface area (Å²) in [7, 11) is 1.93. The molecular formula is C13H15BrN4O. The van der Waals surface area contributed by atoms with E-state index in [0.717, 1.165) is 10.3 Å². The highest BCUT2D eigenvalue weighted by atomic mass is 79.9. The monoisotopic (exact) mass is 322 g/mol. The van der Waals surface area contributed by atoms with Crippen LogP contribution in [0.1, 0.15) is 16.2 Å². The van der Waals surface area contributed by atoms with E-state index >= 15 is 0 Å². The van der Waals surface area contributed by atoms with E-state index in [2.05, 4.69) is 26.2 Å². The largest absolute Gasteiger partial charge is 0.398 e. The first-order valence-corrected chi connectivity index (χ1v) is 6.66. The van der Waals surface area contributed by atoms with Gasteiger partial charge in [0.2, 0.25) is 0 Å². The number of nitrogens with two attached hydrogens (primary N) is 1. The molecule has 1 aromatic heterocycles. The lowest BCUT2D eigenvalue weighted by molar-refractivity contribution is 0.0954. The molecule has 0 unspecified atom stereocenters. The predicted molar refractivity (Wildman–Crippen MR) is 77.8 cm³/mol. The van der Waals surface area contributed by atoms with Crippen molar-refractivity contribution in [3.8, 4) is 0 Å². The molecule has 0 atom stereocenters. The second kappa shape index (κ2) is 5.88. The number of hydrogen-bond acceptors (Lipinski definition) is 3. The standard InChI is InChI=1S/C13H15BrN4O/c1-18-7-6-16-12(18)4-5-17-13(19)10-8-9(14)2-3-11(10)15/h2-3,6-8H,4-5,15H2,1H3,(H,17,19). The molecule has 2 aromatic rings. The van der Waals surface area contributed by atoms with Gasteiger partial charge in [0, 0.05) is 42.6 Å². The third kappa shape index (κ3) is 3.35. The first-order valence-electron chi connectivity index (χ1n) is 5.87. The molecule has 19 heavy (non-hydrogen) atoms. The van der Waals surface area contributed by atoms with Gasteiger partial charge in [0.05, 0.1) is 5.56 Å². The van der Waals surface area contributed by atoms with Gasteiger partial charge >= 0.3 is 0 Å². The molecule has 2 rings (SSSR count). The minimum atomic E-state index is -0.173. The molecule has 1 aromatic carbocycles. The van der Waals surface area contributed by atoms with Crippen LogP contribution in [-0.2, 0) is 13.5 Å². The van der Waals surface area contributed by atoms with Crippen molar-refractivity contribution >= 4 is 27.5 Å². The zero-order valence-corrected chi connectivity index (χ0v) is 12.1. The summed E-state index contributed by atoms with van der Waals surface area (Å²) < 4.78 is 2.76. The van der Waals surface area contributed by atoms with Crippen molar-refractivity contribution in [2.75, 3.05) is 12.3 Å². The fourth-order valence-electron chi connectivity index (χ4n) is 1.75. The molecule has 0 aliphatic heterocycles. The summed E-state index contributed by atoms with van der Waals surface area (Å²) in [6.45, 7) is 0.523. The average Bonchev–Trinajstić information content (AvgIpc) is 2.78. The zero-order valence-electron chi connectivity index (χ0n) is 10.6. The van der Waals surface area contributed by atoms with Gasteiger partial charge in [-0.15, -0.1) is 0 Å². The molecule has 0 fully saturated rings. The van der Waals surface area contributed by atoms with Crippen molar-refractivity contribution < 1.29 is 4.79 Å². The molecule has 6 heteroatoms. The molecule has 0 aliphatic carbocycles. The van der Waals surface area contributed by atoms with Crippen molar-refractivity contribution in [3.63, 3.8) is 0 Å². The molecule has 0 aliphatic rings. The van der Waals surface area contributed by atoms with Gasteiger partial charge in [0.15, 0.2) is 0 Å². The number of hydrogen-bond donors (Lipinski definition) is 2. The fourth-order valence-corrected chi connectivity index (χ4v) is 2.11. The van der Waals surface area contributed by atoms with Crippen LogP contribution >= 0.6 is 15.9 Å². The van der Waals surface area contributed by atoms with Crippen LogP contribution in [0.2, 0.25) is 0 Å². The summed E-state index contributed by atoms with van der Waals surface area (Å²) in [4.78, 5) is 16.2. The summed E-state index contributed by atoms with van der Waals surface area (Å²) in [5.74, 6) is 0.760. The SMILES string of the molecule is Cn1ccnc1CCNC(=O)c1cc(Br)ccc1N. The normalized spacial score (nSPS) is 10.4. The number of aryl methyl sites for hydroxylation is 1. The molecule has 3 N–H and O–H groups in total. The molecule has 5 nitrogen and oxygen atoms in total. The van der Waals surface area contributed by atoms with Crippen molar-refractivity contribution in [1.29, 1.82) is 0 Å². The van der Waals surface area contributed by atoms with Crippen LogP contribution in [0.5, 0.6) is 0 Å². The Hall–Kier alpha value is -1.82. The van der Waals surface area contributed by atoms with Crippen LogP contribution in [0, 0.1) is 0 Å². The smallest absolute Gasteiger partial charge is 0.253 e. The zero-order chi connectivity index (χ0) is 13.8. The lowest BCUT2D eigenvalue weighted by atomic mass is 10.1. The first kappa shape index (κ1) is 13.6. The van der Waals surface area contributed by atoms with E-state index in [1.807, 2.05) is 17.8 Å². The average molecular weight is 323 g/mol. The Bertz CT molecular complexity index is 594. The number of benzene rings is 1. The van der Waals surface area contributed by atoms with E-state index in [0.29, 0.717) is 24.2 Å². The van der Waals surface area contributed by atoms with Crippen LogP contribution in [0.4, 0.5) is 5.69 Å². The second-order valence-corrected chi connectivity index (χ2v) is 5.11. The van der Waals surface area contributed by atoms with E-state index in [1.165, 1.54) is 0 Å². The maximum Gasteiger partial charge on any atom is 0.253 e. The third-order valence-electron chi connectivity index (χ3n) is 2.82. The van der Waals surface area contributed by atoms with E-state index in [9.17, 15) is 4.79 Å². The van der Waals surface area contributed by atoms with Crippen LogP contribution in [0.3, 0.4) is 0 Å². The van der Waals surface area contributed by atoms with Gasteiger partial charge in [0.1, 0.15) is 5.82 Å². The second-order valence-electron chi connectivity index (χ2n) is 4.19. The molecule has 1 amide bonds. The summed E-state index contributed by atoms with van der Waals surface area (Å²) in [5.41, 5.74) is 6.73. The number of nitrogens with one attached hydrogen (secondary N) is 1. The highest BCUT2D eigenvalue weighted by Gasteiger charge is 2.10. The van der Waals surface area contributed by atoms with E-state index in [1.54, 1.807) is 24.4 Å². The molecule has 0 saturated heterocycles. The van der Waals surface area contributed by atoms with Gasteiger partial charge < -0.3 is 15.6 Å². The summed E-state index contributed by atoms with van der Waals surface area (Å²) in [6, 6.07) is 5.23. The third-order valence-corrected chi connectivity index (χ3v) is 3.31. The van der Waals surface area contributed by atoms with Gasteiger partial charge in [-0.1, -0.05) is 15.9 Å². The Morgan fingerprint density at radius 2 is 2.32 bits per heavy atom. The highest BCUT2D eigenvalue weighted by Crippen LogP contribution is 2.18. The number of imidazole rings is 1. The van der Waals surface area contributed by atoms with E-state index in [-0.39, 0.29) is 5.91 Å². The number of aromatic nitrogens is 2.